The van der Waals surface area contributed by atoms with E-state index in [2.05, 4.69) is 9.72 Å². The Morgan fingerprint density at radius 2 is 1.94 bits per heavy atom. The SMILES string of the molecule is COCc1c([N+](=O)[O-])c(C=Cc2ccc(-c3ccc(C(=O)OC)cc3)o2)[nH]c(=O)c1C#N. The van der Waals surface area contributed by atoms with Crippen molar-refractivity contribution in [2.24, 2.45) is 0 Å². The van der Waals surface area contributed by atoms with Crippen LogP contribution < -0.4 is 5.56 Å². The first-order valence-corrected chi connectivity index (χ1v) is 9.18. The number of furan rings is 1. The minimum atomic E-state index is -0.754. The molecule has 0 amide bonds. The molecule has 0 atom stereocenters. The van der Waals surface area contributed by atoms with Gasteiger partial charge in [0.2, 0.25) is 0 Å². The summed E-state index contributed by atoms with van der Waals surface area (Å²) in [6.45, 7) is -0.267. The summed E-state index contributed by atoms with van der Waals surface area (Å²) in [7, 11) is 2.61. The highest BCUT2D eigenvalue weighted by Gasteiger charge is 2.25. The van der Waals surface area contributed by atoms with Gasteiger partial charge in [-0.15, -0.1) is 0 Å². The Balaban J connectivity index is 1.95. The molecule has 2 heterocycles. The van der Waals surface area contributed by atoms with Crippen molar-refractivity contribution in [1.82, 2.24) is 4.98 Å². The third-order valence-electron chi connectivity index (χ3n) is 4.53. The van der Waals surface area contributed by atoms with E-state index in [1.807, 2.05) is 0 Å². The smallest absolute Gasteiger partial charge is 0.337 e. The lowest BCUT2D eigenvalue weighted by molar-refractivity contribution is -0.386. The minimum absolute atomic E-state index is 0.0913. The number of pyridine rings is 1. The first-order chi connectivity index (χ1) is 15.4. The Bertz CT molecular complexity index is 1290. The number of esters is 1. The molecule has 0 aliphatic carbocycles. The molecule has 0 aliphatic heterocycles. The molecule has 10 nitrogen and oxygen atoms in total. The second kappa shape index (κ2) is 9.55. The number of benzene rings is 1. The number of methoxy groups -OCH3 is 2. The van der Waals surface area contributed by atoms with Gasteiger partial charge in [-0.3, -0.25) is 14.9 Å². The molecule has 3 aromatic rings. The van der Waals surface area contributed by atoms with Gasteiger partial charge in [0.05, 0.1) is 29.8 Å². The molecule has 3 rings (SSSR count). The molecule has 0 aliphatic rings. The van der Waals surface area contributed by atoms with Crippen molar-refractivity contribution < 1.29 is 23.6 Å². The van der Waals surface area contributed by atoms with Crippen molar-refractivity contribution in [2.45, 2.75) is 6.61 Å². The number of rotatable bonds is 7. The summed E-state index contributed by atoms with van der Waals surface area (Å²) in [6.07, 6.45) is 2.77. The summed E-state index contributed by atoms with van der Waals surface area (Å²) in [5.41, 5.74) is -0.642. The number of nitrogens with zero attached hydrogens (tertiary/aromatic N) is 2. The Morgan fingerprint density at radius 1 is 1.22 bits per heavy atom. The van der Waals surface area contributed by atoms with Crippen molar-refractivity contribution in [1.29, 1.82) is 5.26 Å². The number of hydrogen-bond acceptors (Lipinski definition) is 8. The fraction of sp³-hybridized carbons (Fsp3) is 0.136. The Morgan fingerprint density at radius 3 is 2.53 bits per heavy atom. The molecular weight excluding hydrogens is 418 g/mol. The Labute approximate surface area is 181 Å². The predicted octanol–water partition coefficient (Wildman–Crippen LogP) is 3.52. The molecular formula is C22H17N3O7. The van der Waals surface area contributed by atoms with Crippen LogP contribution in [0.25, 0.3) is 23.5 Å². The number of hydrogen-bond donors (Lipinski definition) is 1. The average Bonchev–Trinajstić information content (AvgIpc) is 3.26. The molecule has 0 bridgehead atoms. The van der Waals surface area contributed by atoms with Crippen molar-refractivity contribution in [3.63, 3.8) is 0 Å². The number of aromatic nitrogens is 1. The third-order valence-corrected chi connectivity index (χ3v) is 4.53. The van der Waals surface area contributed by atoms with Crippen LogP contribution >= 0.6 is 0 Å². The second-order valence-electron chi connectivity index (χ2n) is 6.48. The van der Waals surface area contributed by atoms with E-state index in [4.69, 9.17) is 9.15 Å². The Hall–Kier alpha value is -4.49. The molecule has 162 valence electrons. The standard InChI is InChI=1S/C22H17N3O7/c1-30-12-17-16(11-23)21(26)24-18(20(17)25(28)29)9-7-15-8-10-19(32-15)13-3-5-14(6-4-13)22(27)31-2/h3-10H,12H2,1-2H3,(H,24,26). The first-order valence-electron chi connectivity index (χ1n) is 9.18. The van der Waals surface area contributed by atoms with Crippen LogP contribution in [0.5, 0.6) is 0 Å². The van der Waals surface area contributed by atoms with E-state index in [1.165, 1.54) is 26.4 Å². The molecule has 10 heteroatoms. The Kier molecular flexibility index (Phi) is 6.62. The lowest BCUT2D eigenvalue weighted by atomic mass is 10.1. The highest BCUT2D eigenvalue weighted by atomic mass is 16.6. The summed E-state index contributed by atoms with van der Waals surface area (Å²) in [5, 5.41) is 20.8. The molecule has 0 radical (unpaired) electrons. The van der Waals surface area contributed by atoms with Crippen LogP contribution in [0.2, 0.25) is 0 Å². The van der Waals surface area contributed by atoms with Gasteiger partial charge in [-0.2, -0.15) is 5.26 Å². The summed E-state index contributed by atoms with van der Waals surface area (Å²) in [5.74, 6) is 0.416. The van der Waals surface area contributed by atoms with Crippen LogP contribution in [-0.4, -0.2) is 30.1 Å². The molecule has 0 spiro atoms. The molecule has 1 N–H and O–H groups in total. The number of carbonyl (C=O) groups excluding carboxylic acids is 1. The topological polar surface area (TPSA) is 148 Å². The van der Waals surface area contributed by atoms with Crippen LogP contribution in [0.4, 0.5) is 5.69 Å². The molecule has 0 saturated carbocycles. The van der Waals surface area contributed by atoms with Crippen LogP contribution in [0.3, 0.4) is 0 Å². The van der Waals surface area contributed by atoms with E-state index in [1.54, 1.807) is 42.5 Å². The number of nitrogens with one attached hydrogen (secondary N) is 1. The third kappa shape index (κ3) is 4.48. The van der Waals surface area contributed by atoms with E-state index >= 15 is 0 Å². The van der Waals surface area contributed by atoms with Crippen molar-refractivity contribution in [3.8, 4) is 17.4 Å². The van der Waals surface area contributed by atoms with Crippen LogP contribution in [-0.2, 0) is 16.1 Å². The maximum Gasteiger partial charge on any atom is 0.337 e. The van der Waals surface area contributed by atoms with Gasteiger partial charge in [-0.05, 0) is 36.4 Å². The zero-order valence-electron chi connectivity index (χ0n) is 17.1. The molecule has 0 unspecified atom stereocenters. The maximum atomic E-state index is 12.2. The van der Waals surface area contributed by atoms with Gasteiger partial charge in [-0.25, -0.2) is 4.79 Å². The van der Waals surface area contributed by atoms with Crippen molar-refractivity contribution in [2.75, 3.05) is 14.2 Å². The maximum absolute atomic E-state index is 12.2. The van der Waals surface area contributed by atoms with E-state index in [0.717, 1.165) is 0 Å². The fourth-order valence-corrected chi connectivity index (χ4v) is 3.05. The summed E-state index contributed by atoms with van der Waals surface area (Å²) >= 11 is 0. The van der Waals surface area contributed by atoms with Crippen LogP contribution in [0.1, 0.15) is 32.9 Å². The normalized spacial score (nSPS) is 10.8. The van der Waals surface area contributed by atoms with Gasteiger partial charge in [0, 0.05) is 12.7 Å². The largest absolute Gasteiger partial charge is 0.465 e. The van der Waals surface area contributed by atoms with Gasteiger partial charge in [0.15, 0.2) is 0 Å². The quantitative estimate of drug-likeness (QED) is 0.337. The van der Waals surface area contributed by atoms with E-state index in [-0.39, 0.29) is 23.4 Å². The molecule has 0 saturated heterocycles. The van der Waals surface area contributed by atoms with Gasteiger partial charge in [0.25, 0.3) is 11.2 Å². The van der Waals surface area contributed by atoms with Crippen LogP contribution in [0, 0.1) is 21.4 Å². The van der Waals surface area contributed by atoms with Gasteiger partial charge >= 0.3 is 5.97 Å². The number of H-pyrrole nitrogens is 1. The van der Waals surface area contributed by atoms with E-state index < -0.39 is 22.1 Å². The molecule has 32 heavy (non-hydrogen) atoms. The molecule has 2 aromatic heterocycles. The van der Waals surface area contributed by atoms with Gasteiger partial charge in [-0.1, -0.05) is 12.1 Å². The monoisotopic (exact) mass is 435 g/mol. The fourth-order valence-electron chi connectivity index (χ4n) is 3.05. The van der Waals surface area contributed by atoms with Crippen LogP contribution in [0.15, 0.2) is 45.6 Å². The lowest BCUT2D eigenvalue weighted by Gasteiger charge is -2.06. The number of nitro groups is 1. The summed E-state index contributed by atoms with van der Waals surface area (Å²) < 4.78 is 15.3. The minimum Gasteiger partial charge on any atom is -0.465 e. The number of aromatic amines is 1. The highest BCUT2D eigenvalue weighted by molar-refractivity contribution is 5.89. The van der Waals surface area contributed by atoms with E-state index in [0.29, 0.717) is 22.6 Å². The van der Waals surface area contributed by atoms with E-state index in [9.17, 15) is 25.0 Å². The predicted molar refractivity (Wildman–Crippen MR) is 114 cm³/mol. The first kappa shape index (κ1) is 22.2. The average molecular weight is 435 g/mol. The number of nitriles is 1. The number of ether oxygens (including phenoxy) is 2. The molecule has 0 fully saturated rings. The van der Waals surface area contributed by atoms with Gasteiger partial charge < -0.3 is 18.9 Å². The number of carbonyl (C=O) groups is 1. The van der Waals surface area contributed by atoms with Gasteiger partial charge in [0.1, 0.15) is 28.8 Å². The highest BCUT2D eigenvalue weighted by Crippen LogP contribution is 2.27. The molecule has 1 aromatic carbocycles. The summed E-state index contributed by atoms with van der Waals surface area (Å²) in [6, 6.07) is 11.6. The van der Waals surface area contributed by atoms with Crippen molar-refractivity contribution in [3.05, 3.63) is 85.0 Å². The summed E-state index contributed by atoms with van der Waals surface area (Å²) in [4.78, 5) is 37.0. The lowest BCUT2D eigenvalue weighted by Crippen LogP contribution is -2.18. The van der Waals surface area contributed by atoms with Crippen molar-refractivity contribution >= 4 is 23.8 Å². The zero-order chi connectivity index (χ0) is 23.3. The zero-order valence-corrected chi connectivity index (χ0v) is 17.1. The second-order valence-corrected chi connectivity index (χ2v) is 6.48.